The zero-order valence-electron chi connectivity index (χ0n) is 30.2. The van der Waals surface area contributed by atoms with Crippen LogP contribution in [-0.4, -0.2) is 57.6 Å². The van der Waals surface area contributed by atoms with Gasteiger partial charge in [-0.15, -0.1) is 0 Å². The third kappa shape index (κ3) is 6.71. The molecule has 2 aliphatic rings. The largest absolute Gasteiger partial charge is 0.454 e. The van der Waals surface area contributed by atoms with Gasteiger partial charge in [-0.3, -0.25) is 14.5 Å². The van der Waals surface area contributed by atoms with Gasteiger partial charge in [0.05, 0.1) is 22.8 Å². The number of aromatic nitrogens is 2. The predicted molar refractivity (Wildman–Crippen MR) is 205 cm³/mol. The molecule has 3 amide bonds. The van der Waals surface area contributed by atoms with E-state index in [4.69, 9.17) is 19.3 Å². The number of para-hydroxylation sites is 3. The van der Waals surface area contributed by atoms with Gasteiger partial charge < -0.3 is 24.4 Å². The second kappa shape index (κ2) is 14.1. The van der Waals surface area contributed by atoms with E-state index in [0.29, 0.717) is 58.0 Å². The van der Waals surface area contributed by atoms with Crippen LogP contribution in [-0.2, 0) is 17.7 Å². The Morgan fingerprint density at radius 3 is 2.11 bits per heavy atom. The van der Waals surface area contributed by atoms with E-state index in [-0.39, 0.29) is 30.8 Å². The number of nitrogens with zero attached hydrogens (tertiary/aromatic N) is 4. The van der Waals surface area contributed by atoms with Gasteiger partial charge in [0.15, 0.2) is 17.2 Å². The van der Waals surface area contributed by atoms with Crippen LogP contribution in [0.3, 0.4) is 0 Å². The third-order valence-electron chi connectivity index (χ3n) is 9.47. The molecule has 8 rings (SSSR count). The molecular weight excluding hydrogens is 683 g/mol. The molecule has 0 saturated heterocycles. The molecule has 0 aliphatic carbocycles. The minimum atomic E-state index is -0.674. The van der Waals surface area contributed by atoms with Gasteiger partial charge in [-0.1, -0.05) is 78.9 Å². The first-order chi connectivity index (χ1) is 26.1. The molecule has 1 N–H and O–H groups in total. The molecule has 5 aromatic carbocycles. The minimum Gasteiger partial charge on any atom is -0.454 e. The second-order valence-corrected chi connectivity index (χ2v) is 14.3. The highest BCUT2D eigenvalue weighted by molar-refractivity contribution is 6.16. The first kappa shape index (κ1) is 34.5. The standard InChI is InChI=1S/C43H39N5O6/c1-43(2,3)54-42(51)44-25-32-22-28-14-10-11-15-29(28)26-46(32)40(49)34-23-37-38(53-27-52-37)24-36(34)48-35-21-13-12-20-33(35)39(45-48)41(50)47(30-16-6-4-7-17-30)31-18-8-5-9-19-31/h4-21,23-24,32H,22,25-27H2,1-3H3,(H,44,51)/t32-/m0/s1. The minimum absolute atomic E-state index is 0.00135. The number of nitrogens with one attached hydrogen (secondary N) is 1. The van der Waals surface area contributed by atoms with Gasteiger partial charge >= 0.3 is 6.09 Å². The third-order valence-corrected chi connectivity index (χ3v) is 9.47. The SMILES string of the molecule is CC(C)(C)OC(=O)NC[C@@H]1Cc2ccccc2CN1C(=O)c1cc2c(cc1-n1nc(C(=O)N(c3ccccc3)c3ccccc3)c3ccccc31)OCO2. The fourth-order valence-electron chi connectivity index (χ4n) is 7.01. The average Bonchev–Trinajstić information content (AvgIpc) is 3.81. The first-order valence-electron chi connectivity index (χ1n) is 17.9. The lowest BCUT2D eigenvalue weighted by Crippen LogP contribution is -2.50. The second-order valence-electron chi connectivity index (χ2n) is 14.3. The maximum absolute atomic E-state index is 15.0. The normalized spacial score (nSPS) is 14.7. The van der Waals surface area contributed by atoms with Crippen molar-refractivity contribution in [3.63, 3.8) is 0 Å². The molecule has 0 unspecified atom stereocenters. The average molecular weight is 722 g/mol. The van der Waals surface area contributed by atoms with Gasteiger partial charge in [0.25, 0.3) is 11.8 Å². The molecule has 2 aliphatic heterocycles. The van der Waals surface area contributed by atoms with Gasteiger partial charge in [0, 0.05) is 35.9 Å². The Hall–Kier alpha value is -6.62. The summed E-state index contributed by atoms with van der Waals surface area (Å²) in [7, 11) is 0. The molecular formula is C43H39N5O6. The van der Waals surface area contributed by atoms with E-state index in [1.807, 2.05) is 109 Å². The number of hydrogen-bond acceptors (Lipinski definition) is 7. The van der Waals surface area contributed by atoms with Crippen molar-refractivity contribution in [2.24, 2.45) is 0 Å². The number of benzene rings is 5. The Bertz CT molecular complexity index is 2330. The molecule has 3 heterocycles. The van der Waals surface area contributed by atoms with Crippen LogP contribution in [0.25, 0.3) is 16.6 Å². The highest BCUT2D eigenvalue weighted by Crippen LogP contribution is 2.39. The van der Waals surface area contributed by atoms with Crippen LogP contribution < -0.4 is 19.7 Å². The summed E-state index contributed by atoms with van der Waals surface area (Å²) in [5.41, 5.74) is 4.37. The van der Waals surface area contributed by atoms with Crippen molar-refractivity contribution < 1.29 is 28.6 Å². The van der Waals surface area contributed by atoms with Gasteiger partial charge in [-0.05, 0) is 74.7 Å². The van der Waals surface area contributed by atoms with Crippen molar-refractivity contribution in [1.82, 2.24) is 20.0 Å². The molecule has 54 heavy (non-hydrogen) atoms. The highest BCUT2D eigenvalue weighted by atomic mass is 16.7. The van der Waals surface area contributed by atoms with Crippen LogP contribution in [0.15, 0.2) is 121 Å². The Labute approximate surface area is 312 Å². The molecule has 0 spiro atoms. The number of fused-ring (bicyclic) bond motifs is 3. The van der Waals surface area contributed by atoms with E-state index in [2.05, 4.69) is 5.32 Å². The molecule has 272 valence electrons. The van der Waals surface area contributed by atoms with Crippen molar-refractivity contribution in [3.05, 3.63) is 144 Å². The van der Waals surface area contributed by atoms with E-state index in [1.165, 1.54) is 0 Å². The molecule has 0 saturated carbocycles. The lowest BCUT2D eigenvalue weighted by atomic mass is 9.93. The summed E-state index contributed by atoms with van der Waals surface area (Å²) in [6.07, 6.45) is -0.0340. The Morgan fingerprint density at radius 2 is 1.43 bits per heavy atom. The lowest BCUT2D eigenvalue weighted by Gasteiger charge is -2.37. The molecule has 0 fully saturated rings. The Kier molecular flexibility index (Phi) is 8.98. The van der Waals surface area contributed by atoms with Gasteiger partial charge in [0.2, 0.25) is 6.79 Å². The zero-order chi connectivity index (χ0) is 37.4. The molecule has 6 aromatic rings. The number of rotatable bonds is 7. The maximum Gasteiger partial charge on any atom is 0.407 e. The van der Waals surface area contributed by atoms with E-state index < -0.39 is 17.7 Å². The number of anilines is 2. The number of amides is 3. The summed E-state index contributed by atoms with van der Waals surface area (Å²) < 4.78 is 18.7. The van der Waals surface area contributed by atoms with Crippen LogP contribution in [0.5, 0.6) is 11.5 Å². The number of ether oxygens (including phenoxy) is 3. The fraction of sp³-hybridized carbons (Fsp3) is 0.209. The van der Waals surface area contributed by atoms with Crippen molar-refractivity contribution in [3.8, 4) is 17.2 Å². The number of hydrogen-bond donors (Lipinski definition) is 1. The van der Waals surface area contributed by atoms with Crippen molar-refractivity contribution in [1.29, 1.82) is 0 Å². The number of carbonyl (C=O) groups is 3. The van der Waals surface area contributed by atoms with Crippen LogP contribution in [0, 0.1) is 0 Å². The summed E-state index contributed by atoms with van der Waals surface area (Å²) in [5, 5.41) is 8.47. The molecule has 1 atom stereocenters. The molecule has 0 radical (unpaired) electrons. The highest BCUT2D eigenvalue weighted by Gasteiger charge is 2.35. The smallest absolute Gasteiger partial charge is 0.407 e. The Morgan fingerprint density at radius 1 is 0.815 bits per heavy atom. The van der Waals surface area contributed by atoms with E-state index >= 15 is 4.79 Å². The summed E-state index contributed by atoms with van der Waals surface area (Å²) >= 11 is 0. The molecule has 1 aromatic heterocycles. The van der Waals surface area contributed by atoms with Crippen LogP contribution in [0.2, 0.25) is 0 Å². The van der Waals surface area contributed by atoms with Gasteiger partial charge in [-0.25, -0.2) is 9.48 Å². The van der Waals surface area contributed by atoms with Gasteiger partial charge in [-0.2, -0.15) is 5.10 Å². The predicted octanol–water partition coefficient (Wildman–Crippen LogP) is 7.82. The van der Waals surface area contributed by atoms with Crippen molar-refractivity contribution in [2.45, 2.75) is 45.4 Å². The fourth-order valence-corrected chi connectivity index (χ4v) is 7.01. The number of carbonyl (C=O) groups excluding carboxylic acids is 3. The van der Waals surface area contributed by atoms with Crippen molar-refractivity contribution >= 4 is 40.2 Å². The quantitative estimate of drug-likeness (QED) is 0.179. The van der Waals surface area contributed by atoms with Gasteiger partial charge in [0.1, 0.15) is 5.60 Å². The maximum atomic E-state index is 15.0. The molecule has 0 bridgehead atoms. The Balaban J connectivity index is 1.23. The molecule has 11 heteroatoms. The van der Waals surface area contributed by atoms with Crippen LogP contribution in [0.1, 0.15) is 52.7 Å². The summed E-state index contributed by atoms with van der Waals surface area (Å²) in [6, 6.07) is 37.3. The summed E-state index contributed by atoms with van der Waals surface area (Å²) in [5.74, 6) is 0.250. The van der Waals surface area contributed by atoms with Crippen LogP contribution in [0.4, 0.5) is 16.2 Å². The van der Waals surface area contributed by atoms with E-state index in [9.17, 15) is 9.59 Å². The monoisotopic (exact) mass is 721 g/mol. The van der Waals surface area contributed by atoms with Crippen molar-refractivity contribution in [2.75, 3.05) is 18.2 Å². The summed E-state index contributed by atoms with van der Waals surface area (Å²) in [4.78, 5) is 45.9. The van der Waals surface area contributed by atoms with E-state index in [1.54, 1.807) is 47.4 Å². The topological polar surface area (TPSA) is 115 Å². The lowest BCUT2D eigenvalue weighted by molar-refractivity contribution is 0.0474. The number of alkyl carbamates (subject to hydrolysis) is 1. The van der Waals surface area contributed by atoms with Crippen LogP contribution >= 0.6 is 0 Å². The molecule has 11 nitrogen and oxygen atoms in total. The van der Waals surface area contributed by atoms with E-state index in [0.717, 1.165) is 11.1 Å². The summed E-state index contributed by atoms with van der Waals surface area (Å²) in [6.45, 7) is 5.90. The first-order valence-corrected chi connectivity index (χ1v) is 17.9. The zero-order valence-corrected chi connectivity index (χ0v) is 30.2.